The van der Waals surface area contributed by atoms with Crippen molar-refractivity contribution >= 4 is 48.7 Å². The van der Waals surface area contributed by atoms with Crippen molar-refractivity contribution in [2.24, 2.45) is 0 Å². The number of nitrogen functional groups attached to an aromatic ring is 1. The molecule has 0 spiro atoms. The van der Waals surface area contributed by atoms with Gasteiger partial charge in [-0.3, -0.25) is 10.1 Å². The van der Waals surface area contributed by atoms with E-state index in [0.717, 1.165) is 15.4 Å². The van der Waals surface area contributed by atoms with Crippen LogP contribution in [0, 0.1) is 10.1 Å². The summed E-state index contributed by atoms with van der Waals surface area (Å²) in [5, 5.41) is 12.6. The second-order valence-electron chi connectivity index (χ2n) is 3.99. The Hall–Kier alpha value is -1.49. The maximum absolute atomic E-state index is 12.1. The van der Waals surface area contributed by atoms with Gasteiger partial charge in [0, 0.05) is 22.0 Å². The molecule has 0 fully saturated rings. The molecule has 0 bridgehead atoms. The van der Waals surface area contributed by atoms with Gasteiger partial charge in [-0.1, -0.05) is 0 Å². The Morgan fingerprint density at radius 2 is 2.10 bits per heavy atom. The molecule has 1 aromatic heterocycles. The first-order chi connectivity index (χ1) is 9.81. The van der Waals surface area contributed by atoms with Crippen LogP contribution in [0.25, 0.3) is 0 Å². The Kier molecular flexibility index (Phi) is 4.61. The maximum Gasteiger partial charge on any atom is 0.293 e. The zero-order chi connectivity index (χ0) is 15.6. The molecule has 3 N–H and O–H groups in total. The van der Waals surface area contributed by atoms with Crippen LogP contribution >= 0.6 is 27.3 Å². The largest absolute Gasteiger partial charge is 0.393 e. The number of nitrogens with one attached hydrogen (secondary N) is 1. The van der Waals surface area contributed by atoms with E-state index in [-0.39, 0.29) is 17.1 Å². The number of rotatable bonds is 5. The summed E-state index contributed by atoms with van der Waals surface area (Å²) in [4.78, 5) is 10.7. The van der Waals surface area contributed by atoms with E-state index in [0.29, 0.717) is 0 Å². The number of hydrogen-bond acceptors (Lipinski definition) is 6. The van der Waals surface area contributed by atoms with Crippen molar-refractivity contribution in [3.8, 4) is 0 Å². The lowest BCUT2D eigenvalue weighted by molar-refractivity contribution is -0.384. The van der Waals surface area contributed by atoms with Crippen molar-refractivity contribution in [2.45, 2.75) is 11.4 Å². The van der Waals surface area contributed by atoms with Crippen LogP contribution in [0.15, 0.2) is 39.0 Å². The molecule has 2 rings (SSSR count). The molecule has 10 heteroatoms. The number of anilines is 1. The molecule has 0 saturated heterocycles. The molecular formula is C11H10BrN3O4S2. The molecule has 0 aliphatic heterocycles. The van der Waals surface area contributed by atoms with Gasteiger partial charge in [-0.2, -0.15) is 0 Å². The average Bonchev–Trinajstić information content (AvgIpc) is 2.82. The highest BCUT2D eigenvalue weighted by Crippen LogP contribution is 2.26. The summed E-state index contributed by atoms with van der Waals surface area (Å²) in [6.07, 6.45) is 0. The smallest absolute Gasteiger partial charge is 0.293 e. The Bertz CT molecular complexity index is 789. The normalized spacial score (nSPS) is 11.5. The number of sulfonamides is 1. The van der Waals surface area contributed by atoms with Crippen molar-refractivity contribution in [3.63, 3.8) is 0 Å². The van der Waals surface area contributed by atoms with Crippen LogP contribution < -0.4 is 10.5 Å². The summed E-state index contributed by atoms with van der Waals surface area (Å²) in [5.74, 6) is 0. The molecule has 2 aromatic rings. The lowest BCUT2D eigenvalue weighted by Crippen LogP contribution is -2.23. The van der Waals surface area contributed by atoms with Gasteiger partial charge in [-0.05, 0) is 39.5 Å². The molecular weight excluding hydrogens is 382 g/mol. The summed E-state index contributed by atoms with van der Waals surface area (Å²) in [7, 11) is -3.85. The standard InChI is InChI=1S/C11H10BrN3O4S2/c12-8-3-4-20-11(8)6-14-21(18,19)7-1-2-9(13)10(5-7)15(16)17/h1-5,14H,6,13H2. The summed E-state index contributed by atoms with van der Waals surface area (Å²) < 4.78 is 27.5. The van der Waals surface area contributed by atoms with Crippen molar-refractivity contribution in [3.05, 3.63) is 49.1 Å². The lowest BCUT2D eigenvalue weighted by atomic mass is 10.3. The van der Waals surface area contributed by atoms with E-state index in [4.69, 9.17) is 5.73 Å². The molecule has 0 saturated carbocycles. The summed E-state index contributed by atoms with van der Waals surface area (Å²) in [6.45, 7) is 0.0960. The fourth-order valence-electron chi connectivity index (χ4n) is 1.54. The SMILES string of the molecule is Nc1ccc(S(=O)(=O)NCc2sccc2Br)cc1[N+](=O)[O-]. The highest BCUT2D eigenvalue weighted by molar-refractivity contribution is 9.10. The Balaban J connectivity index is 2.26. The third kappa shape index (κ3) is 3.59. The van der Waals surface area contributed by atoms with Crippen LogP contribution in [0.4, 0.5) is 11.4 Å². The molecule has 0 aliphatic carbocycles. The number of nitro groups is 1. The first kappa shape index (κ1) is 15.9. The van der Waals surface area contributed by atoms with E-state index in [1.165, 1.54) is 23.5 Å². The van der Waals surface area contributed by atoms with Gasteiger partial charge >= 0.3 is 0 Å². The van der Waals surface area contributed by atoms with Crippen LogP contribution in [0.3, 0.4) is 0 Å². The lowest BCUT2D eigenvalue weighted by Gasteiger charge is -2.07. The Morgan fingerprint density at radius 1 is 1.38 bits per heavy atom. The highest BCUT2D eigenvalue weighted by atomic mass is 79.9. The molecule has 1 aromatic carbocycles. The fourth-order valence-corrected chi connectivity index (χ4v) is 4.08. The quantitative estimate of drug-likeness (QED) is 0.461. The molecule has 0 atom stereocenters. The van der Waals surface area contributed by atoms with E-state index in [1.54, 1.807) is 0 Å². The molecule has 7 nitrogen and oxygen atoms in total. The number of benzene rings is 1. The number of hydrogen-bond donors (Lipinski definition) is 2. The van der Waals surface area contributed by atoms with Crippen LogP contribution in [0.2, 0.25) is 0 Å². The maximum atomic E-state index is 12.1. The van der Waals surface area contributed by atoms with Gasteiger partial charge in [-0.15, -0.1) is 11.3 Å². The number of nitrogens with zero attached hydrogens (tertiary/aromatic N) is 1. The second-order valence-corrected chi connectivity index (χ2v) is 7.62. The monoisotopic (exact) mass is 391 g/mol. The summed E-state index contributed by atoms with van der Waals surface area (Å²) in [6, 6.07) is 5.19. The van der Waals surface area contributed by atoms with Gasteiger partial charge in [0.15, 0.2) is 0 Å². The van der Waals surface area contributed by atoms with Crippen molar-refractivity contribution in [1.82, 2.24) is 4.72 Å². The third-order valence-corrected chi connectivity index (χ3v) is 5.95. The number of nitro benzene ring substituents is 1. The molecule has 0 unspecified atom stereocenters. The van der Waals surface area contributed by atoms with Gasteiger partial charge in [-0.25, -0.2) is 13.1 Å². The fraction of sp³-hybridized carbons (Fsp3) is 0.0909. The van der Waals surface area contributed by atoms with E-state index in [1.807, 2.05) is 11.4 Å². The van der Waals surface area contributed by atoms with Crippen LogP contribution in [-0.2, 0) is 16.6 Å². The molecule has 21 heavy (non-hydrogen) atoms. The summed E-state index contributed by atoms with van der Waals surface area (Å²) in [5.41, 5.74) is 4.92. The van der Waals surface area contributed by atoms with Gasteiger partial charge in [0.1, 0.15) is 5.69 Å². The molecule has 112 valence electrons. The van der Waals surface area contributed by atoms with E-state index >= 15 is 0 Å². The first-order valence-corrected chi connectivity index (χ1v) is 8.72. The number of halogens is 1. The predicted octanol–water partition coefficient (Wildman–Crippen LogP) is 2.48. The zero-order valence-electron chi connectivity index (χ0n) is 10.4. The highest BCUT2D eigenvalue weighted by Gasteiger charge is 2.20. The summed E-state index contributed by atoms with van der Waals surface area (Å²) >= 11 is 4.69. The molecule has 1 heterocycles. The van der Waals surface area contributed by atoms with Crippen LogP contribution in [0.1, 0.15) is 4.88 Å². The molecule has 0 radical (unpaired) electrons. The first-order valence-electron chi connectivity index (χ1n) is 5.56. The number of thiophene rings is 1. The van der Waals surface area contributed by atoms with E-state index in [9.17, 15) is 18.5 Å². The van der Waals surface area contributed by atoms with Crippen LogP contribution in [-0.4, -0.2) is 13.3 Å². The Morgan fingerprint density at radius 3 is 2.67 bits per heavy atom. The average molecular weight is 392 g/mol. The topological polar surface area (TPSA) is 115 Å². The van der Waals surface area contributed by atoms with Crippen molar-refractivity contribution in [1.29, 1.82) is 0 Å². The molecule has 0 amide bonds. The minimum atomic E-state index is -3.85. The van der Waals surface area contributed by atoms with Gasteiger partial charge in [0.05, 0.1) is 9.82 Å². The minimum absolute atomic E-state index is 0.0834. The van der Waals surface area contributed by atoms with Crippen molar-refractivity contribution < 1.29 is 13.3 Å². The predicted molar refractivity (Wildman–Crippen MR) is 83.6 cm³/mol. The zero-order valence-corrected chi connectivity index (χ0v) is 13.7. The van der Waals surface area contributed by atoms with Crippen molar-refractivity contribution in [2.75, 3.05) is 5.73 Å². The van der Waals surface area contributed by atoms with Crippen LogP contribution in [0.5, 0.6) is 0 Å². The van der Waals surface area contributed by atoms with Gasteiger partial charge < -0.3 is 5.73 Å². The third-order valence-electron chi connectivity index (χ3n) is 2.62. The Labute approximate surface area is 133 Å². The van der Waals surface area contributed by atoms with Gasteiger partial charge in [0.2, 0.25) is 10.0 Å². The van der Waals surface area contributed by atoms with E-state index in [2.05, 4.69) is 20.7 Å². The minimum Gasteiger partial charge on any atom is -0.393 e. The second kappa shape index (κ2) is 6.10. The molecule has 0 aliphatic rings. The van der Waals surface area contributed by atoms with Gasteiger partial charge in [0.25, 0.3) is 5.69 Å². The van der Waals surface area contributed by atoms with E-state index < -0.39 is 20.6 Å². The number of nitrogens with two attached hydrogens (primary N) is 1.